The summed E-state index contributed by atoms with van der Waals surface area (Å²) in [5.74, 6) is -0.797. The minimum Gasteiger partial charge on any atom is -0.480 e. The van der Waals surface area contributed by atoms with Crippen LogP contribution in [0.5, 0.6) is 0 Å². The molecular formula is C10H20N2O3. The molecule has 0 spiro atoms. The Morgan fingerprint density at radius 2 is 2.13 bits per heavy atom. The van der Waals surface area contributed by atoms with E-state index in [4.69, 9.17) is 10.2 Å². The van der Waals surface area contributed by atoms with Crippen LogP contribution in [0.15, 0.2) is 0 Å². The summed E-state index contributed by atoms with van der Waals surface area (Å²) in [5.41, 5.74) is 0. The maximum Gasteiger partial charge on any atom is 0.322 e. The quantitative estimate of drug-likeness (QED) is 0.660. The van der Waals surface area contributed by atoms with Crippen molar-refractivity contribution in [1.82, 2.24) is 9.80 Å². The van der Waals surface area contributed by atoms with Crippen molar-refractivity contribution >= 4 is 5.97 Å². The number of aliphatic carboxylic acids is 1. The first kappa shape index (κ1) is 12.4. The van der Waals surface area contributed by atoms with Crippen molar-refractivity contribution in [1.29, 1.82) is 0 Å². The van der Waals surface area contributed by atoms with Crippen molar-refractivity contribution in [2.45, 2.75) is 25.9 Å². The van der Waals surface area contributed by atoms with Crippen LogP contribution in [0.25, 0.3) is 0 Å². The van der Waals surface area contributed by atoms with Gasteiger partial charge in [0.1, 0.15) is 6.04 Å². The maximum absolute atomic E-state index is 11.1. The molecule has 0 bridgehead atoms. The van der Waals surface area contributed by atoms with Gasteiger partial charge < -0.3 is 10.2 Å². The van der Waals surface area contributed by atoms with Gasteiger partial charge in [-0.05, 0) is 13.8 Å². The predicted octanol–water partition coefficient (Wildman–Crippen LogP) is -0.542. The van der Waals surface area contributed by atoms with Gasteiger partial charge in [0, 0.05) is 32.2 Å². The van der Waals surface area contributed by atoms with Crippen LogP contribution in [-0.2, 0) is 4.79 Å². The third-order valence-electron chi connectivity index (χ3n) is 2.93. The van der Waals surface area contributed by atoms with Gasteiger partial charge in [0.25, 0.3) is 0 Å². The molecule has 0 aromatic heterocycles. The number of hydrogen-bond acceptors (Lipinski definition) is 4. The lowest BCUT2D eigenvalue weighted by Crippen LogP contribution is -2.58. The number of hydrogen-bond donors (Lipinski definition) is 2. The number of aliphatic hydroxyl groups is 1. The molecule has 1 heterocycles. The van der Waals surface area contributed by atoms with E-state index < -0.39 is 12.0 Å². The minimum atomic E-state index is -0.797. The molecule has 88 valence electrons. The summed E-state index contributed by atoms with van der Waals surface area (Å²) in [6, 6.07) is -0.101. The Morgan fingerprint density at radius 3 is 2.60 bits per heavy atom. The van der Waals surface area contributed by atoms with Gasteiger partial charge in [0.15, 0.2) is 0 Å². The van der Waals surface area contributed by atoms with Crippen molar-refractivity contribution in [3.05, 3.63) is 0 Å². The fourth-order valence-electron chi connectivity index (χ4n) is 1.94. The number of carboxylic acids is 1. The molecule has 1 rings (SSSR count). The molecule has 0 aromatic rings. The third kappa shape index (κ3) is 3.15. The number of aliphatic hydroxyl groups excluding tert-OH is 1. The predicted molar refractivity (Wildman–Crippen MR) is 56.8 cm³/mol. The van der Waals surface area contributed by atoms with Crippen LogP contribution in [0, 0.1) is 0 Å². The van der Waals surface area contributed by atoms with Crippen molar-refractivity contribution in [3.8, 4) is 0 Å². The first-order chi connectivity index (χ1) is 7.06. The first-order valence-electron chi connectivity index (χ1n) is 5.38. The zero-order valence-electron chi connectivity index (χ0n) is 9.39. The topological polar surface area (TPSA) is 64.0 Å². The maximum atomic E-state index is 11.1. The van der Waals surface area contributed by atoms with Crippen LogP contribution in [0.2, 0.25) is 0 Å². The average Bonchev–Trinajstić information content (AvgIpc) is 2.18. The summed E-state index contributed by atoms with van der Waals surface area (Å²) in [4.78, 5) is 15.1. The second kappa shape index (κ2) is 5.44. The molecule has 0 amide bonds. The molecule has 15 heavy (non-hydrogen) atoms. The lowest BCUT2D eigenvalue weighted by atomic mass is 10.1. The molecular weight excluding hydrogens is 196 g/mol. The zero-order valence-corrected chi connectivity index (χ0v) is 9.39. The van der Waals surface area contributed by atoms with Gasteiger partial charge in [-0.2, -0.15) is 0 Å². The van der Waals surface area contributed by atoms with E-state index in [1.54, 1.807) is 0 Å². The standard InChI is InChI=1S/C10H20N2O3/c1-8(2)12-4-3-11(5-6-13)9(7-12)10(14)15/h8-9,13H,3-7H2,1-2H3,(H,14,15). The molecule has 0 saturated carbocycles. The molecule has 1 aliphatic heterocycles. The van der Waals surface area contributed by atoms with Gasteiger partial charge in [-0.3, -0.25) is 14.6 Å². The largest absolute Gasteiger partial charge is 0.480 e. The third-order valence-corrected chi connectivity index (χ3v) is 2.93. The molecule has 1 unspecified atom stereocenters. The van der Waals surface area contributed by atoms with Crippen LogP contribution in [0.1, 0.15) is 13.8 Å². The molecule has 2 N–H and O–H groups in total. The number of piperazine rings is 1. The Labute approximate surface area is 90.3 Å². The summed E-state index contributed by atoms with van der Waals surface area (Å²) >= 11 is 0. The lowest BCUT2D eigenvalue weighted by molar-refractivity contribution is -0.146. The van der Waals surface area contributed by atoms with Crippen LogP contribution in [0.4, 0.5) is 0 Å². The highest BCUT2D eigenvalue weighted by molar-refractivity contribution is 5.74. The van der Waals surface area contributed by atoms with E-state index in [9.17, 15) is 4.79 Å². The summed E-state index contributed by atoms with van der Waals surface area (Å²) in [6.07, 6.45) is 0. The average molecular weight is 216 g/mol. The Hall–Kier alpha value is -0.650. The highest BCUT2D eigenvalue weighted by Gasteiger charge is 2.32. The smallest absolute Gasteiger partial charge is 0.322 e. The molecule has 0 aliphatic carbocycles. The van der Waals surface area contributed by atoms with Gasteiger partial charge in [-0.15, -0.1) is 0 Å². The molecule has 5 nitrogen and oxygen atoms in total. The van der Waals surface area contributed by atoms with Gasteiger partial charge in [0.05, 0.1) is 6.61 Å². The zero-order chi connectivity index (χ0) is 11.4. The van der Waals surface area contributed by atoms with Crippen molar-refractivity contribution in [2.24, 2.45) is 0 Å². The van der Waals surface area contributed by atoms with Crippen molar-refractivity contribution in [3.63, 3.8) is 0 Å². The molecule has 1 aliphatic rings. The van der Waals surface area contributed by atoms with Crippen LogP contribution in [0.3, 0.4) is 0 Å². The summed E-state index contributed by atoms with van der Waals surface area (Å²) in [6.45, 7) is 6.75. The first-order valence-corrected chi connectivity index (χ1v) is 5.38. The van der Waals surface area contributed by atoms with E-state index in [0.29, 0.717) is 19.1 Å². The van der Waals surface area contributed by atoms with Crippen molar-refractivity contribution < 1.29 is 15.0 Å². The van der Waals surface area contributed by atoms with E-state index in [-0.39, 0.29) is 6.61 Å². The molecule has 1 fully saturated rings. The second-order valence-electron chi connectivity index (χ2n) is 4.20. The lowest BCUT2D eigenvalue weighted by Gasteiger charge is -2.40. The Morgan fingerprint density at radius 1 is 1.47 bits per heavy atom. The monoisotopic (exact) mass is 216 g/mol. The van der Waals surface area contributed by atoms with Crippen LogP contribution in [-0.4, -0.2) is 70.9 Å². The van der Waals surface area contributed by atoms with Crippen molar-refractivity contribution in [2.75, 3.05) is 32.8 Å². The van der Waals surface area contributed by atoms with Gasteiger partial charge in [-0.1, -0.05) is 0 Å². The Kier molecular flexibility index (Phi) is 4.50. The Bertz CT molecular complexity index is 221. The van der Waals surface area contributed by atoms with Gasteiger partial charge >= 0.3 is 5.97 Å². The molecule has 5 heteroatoms. The normalized spacial score (nSPS) is 24.7. The highest BCUT2D eigenvalue weighted by atomic mass is 16.4. The van der Waals surface area contributed by atoms with E-state index >= 15 is 0 Å². The molecule has 0 aromatic carbocycles. The van der Waals surface area contributed by atoms with E-state index in [2.05, 4.69) is 18.7 Å². The fourth-order valence-corrected chi connectivity index (χ4v) is 1.94. The summed E-state index contributed by atoms with van der Waals surface area (Å²) in [5, 5.41) is 17.9. The van der Waals surface area contributed by atoms with E-state index in [0.717, 1.165) is 13.1 Å². The molecule has 1 atom stereocenters. The van der Waals surface area contributed by atoms with Crippen LogP contribution >= 0.6 is 0 Å². The number of nitrogens with zero attached hydrogens (tertiary/aromatic N) is 2. The number of rotatable bonds is 4. The SMILES string of the molecule is CC(C)N1CCN(CCO)C(C(=O)O)C1. The minimum absolute atomic E-state index is 0.0193. The summed E-state index contributed by atoms with van der Waals surface area (Å²) in [7, 11) is 0. The van der Waals surface area contributed by atoms with Gasteiger partial charge in [-0.25, -0.2) is 0 Å². The Balaban J connectivity index is 2.61. The second-order valence-corrected chi connectivity index (χ2v) is 4.20. The van der Waals surface area contributed by atoms with E-state index in [1.807, 2.05) is 4.90 Å². The summed E-state index contributed by atoms with van der Waals surface area (Å²) < 4.78 is 0. The van der Waals surface area contributed by atoms with E-state index in [1.165, 1.54) is 0 Å². The molecule has 0 radical (unpaired) electrons. The number of carbonyl (C=O) groups is 1. The van der Waals surface area contributed by atoms with Gasteiger partial charge in [0.2, 0.25) is 0 Å². The number of carboxylic acid groups (broad SMARTS) is 1. The molecule has 1 saturated heterocycles. The number of β-amino-alcohol motifs (C(OH)–C–C–N with tert-alkyl or cyclic N) is 1. The fraction of sp³-hybridized carbons (Fsp3) is 0.900. The van der Waals surface area contributed by atoms with Crippen LogP contribution < -0.4 is 0 Å². The highest BCUT2D eigenvalue weighted by Crippen LogP contribution is 2.12.